The Balaban J connectivity index is 1.20. The van der Waals surface area contributed by atoms with Crippen LogP contribution in [-0.4, -0.2) is 59.6 Å². The van der Waals surface area contributed by atoms with Gasteiger partial charge in [-0.2, -0.15) is 0 Å². The quantitative estimate of drug-likeness (QED) is 0.424. The fourth-order valence-corrected chi connectivity index (χ4v) is 7.20. The highest BCUT2D eigenvalue weighted by Gasteiger charge is 2.43. The molecule has 2 saturated heterocycles. The molecule has 4 nitrogen and oxygen atoms in total. The predicted molar refractivity (Wildman–Crippen MR) is 152 cm³/mol. The number of allylic oxidation sites excluding steroid dienone is 1. The minimum Gasteiger partial charge on any atom is -0.480 e. The first-order valence-corrected chi connectivity index (χ1v) is 14.6. The lowest BCUT2D eigenvalue weighted by Crippen LogP contribution is -2.46. The molecule has 5 rings (SSSR count). The minimum atomic E-state index is -0.608. The van der Waals surface area contributed by atoms with Gasteiger partial charge in [0.25, 0.3) is 0 Å². The standard InChI is InChI=1S/C33H44N2O2/c36-33(37)32(29-17-8-3-9-18-29)35-24-30(31(25-35)28-15-6-2-7-16-28)23-34-21-19-27(20-22-34)14-10-13-26-11-4-1-5-12-26/h1-2,4-7,10-13,15-16,27,29-32H,3,8-9,14,17-25H2,(H,36,37)/b13-10-/t30-,31+,32+/m0/s1. The smallest absolute Gasteiger partial charge is 0.321 e. The maximum absolute atomic E-state index is 12.5. The summed E-state index contributed by atoms with van der Waals surface area (Å²) in [6, 6.07) is 21.1. The van der Waals surface area contributed by atoms with Crippen LogP contribution in [0.15, 0.2) is 66.7 Å². The van der Waals surface area contributed by atoms with E-state index < -0.39 is 5.97 Å². The van der Waals surface area contributed by atoms with E-state index in [1.807, 2.05) is 0 Å². The second kappa shape index (κ2) is 12.9. The second-order valence-corrected chi connectivity index (χ2v) is 11.7. The molecular weight excluding hydrogens is 456 g/mol. The Morgan fingerprint density at radius 3 is 2.24 bits per heavy atom. The fourth-order valence-electron chi connectivity index (χ4n) is 7.20. The Morgan fingerprint density at radius 2 is 1.57 bits per heavy atom. The van der Waals surface area contributed by atoms with Gasteiger partial charge in [0.2, 0.25) is 0 Å². The lowest BCUT2D eigenvalue weighted by atomic mass is 9.83. The van der Waals surface area contributed by atoms with E-state index in [4.69, 9.17) is 0 Å². The highest BCUT2D eigenvalue weighted by molar-refractivity contribution is 5.74. The highest BCUT2D eigenvalue weighted by Crippen LogP contribution is 2.38. The van der Waals surface area contributed by atoms with Crippen molar-refractivity contribution in [2.24, 2.45) is 17.8 Å². The average molecular weight is 501 g/mol. The van der Waals surface area contributed by atoms with Gasteiger partial charge < -0.3 is 10.0 Å². The van der Waals surface area contributed by atoms with Gasteiger partial charge in [0.05, 0.1) is 0 Å². The monoisotopic (exact) mass is 500 g/mol. The van der Waals surface area contributed by atoms with Crippen LogP contribution in [0, 0.1) is 17.8 Å². The Hall–Kier alpha value is -2.43. The number of likely N-dealkylation sites (tertiary alicyclic amines) is 2. The molecule has 2 heterocycles. The number of piperidine rings is 1. The predicted octanol–water partition coefficient (Wildman–Crippen LogP) is 6.55. The molecule has 0 bridgehead atoms. The summed E-state index contributed by atoms with van der Waals surface area (Å²) in [4.78, 5) is 17.5. The first-order chi connectivity index (χ1) is 18.2. The molecule has 1 saturated carbocycles. The number of benzene rings is 2. The second-order valence-electron chi connectivity index (χ2n) is 11.7. The van der Waals surface area contributed by atoms with Gasteiger partial charge in [0.1, 0.15) is 6.04 Å². The van der Waals surface area contributed by atoms with Crippen LogP contribution in [-0.2, 0) is 4.79 Å². The molecule has 3 atom stereocenters. The molecule has 4 heteroatoms. The van der Waals surface area contributed by atoms with Crippen molar-refractivity contribution in [1.29, 1.82) is 0 Å². The molecule has 0 aromatic heterocycles. The van der Waals surface area contributed by atoms with Crippen LogP contribution in [0.3, 0.4) is 0 Å². The van der Waals surface area contributed by atoms with Gasteiger partial charge in [0, 0.05) is 25.6 Å². The molecular formula is C33H44N2O2. The highest BCUT2D eigenvalue weighted by atomic mass is 16.4. The van der Waals surface area contributed by atoms with E-state index in [1.54, 1.807) is 0 Å². The summed E-state index contributed by atoms with van der Waals surface area (Å²) in [5.41, 5.74) is 2.66. The maximum atomic E-state index is 12.5. The molecule has 37 heavy (non-hydrogen) atoms. The molecule has 0 spiro atoms. The molecule has 198 valence electrons. The maximum Gasteiger partial charge on any atom is 0.321 e. The zero-order chi connectivity index (χ0) is 25.5. The fraction of sp³-hybridized carbons (Fsp3) is 0.545. The first kappa shape index (κ1) is 26.2. The number of carboxylic acids is 1. The lowest BCUT2D eigenvalue weighted by Gasteiger charge is -2.35. The largest absolute Gasteiger partial charge is 0.480 e. The van der Waals surface area contributed by atoms with E-state index in [-0.39, 0.29) is 6.04 Å². The average Bonchev–Trinajstić information content (AvgIpc) is 3.34. The molecule has 0 amide bonds. The third-order valence-electron chi connectivity index (χ3n) is 9.22. The summed E-state index contributed by atoms with van der Waals surface area (Å²) in [5.74, 6) is 1.37. The third-order valence-corrected chi connectivity index (χ3v) is 9.22. The van der Waals surface area contributed by atoms with Gasteiger partial charge in [-0.3, -0.25) is 9.69 Å². The number of hydrogen-bond donors (Lipinski definition) is 1. The molecule has 3 fully saturated rings. The summed E-state index contributed by atoms with van der Waals surface area (Å²) in [5, 5.41) is 10.3. The van der Waals surface area contributed by atoms with Crippen LogP contribution < -0.4 is 0 Å². The summed E-state index contributed by atoms with van der Waals surface area (Å²) in [7, 11) is 0. The van der Waals surface area contributed by atoms with Crippen molar-refractivity contribution in [2.75, 3.05) is 32.7 Å². The minimum absolute atomic E-state index is 0.307. The van der Waals surface area contributed by atoms with Crippen molar-refractivity contribution < 1.29 is 9.90 Å². The van der Waals surface area contributed by atoms with E-state index in [0.717, 1.165) is 57.9 Å². The van der Waals surface area contributed by atoms with Crippen molar-refractivity contribution >= 4 is 12.0 Å². The van der Waals surface area contributed by atoms with Crippen LogP contribution in [0.1, 0.15) is 68.4 Å². The molecule has 0 unspecified atom stereocenters. The van der Waals surface area contributed by atoms with Gasteiger partial charge in [-0.25, -0.2) is 0 Å². The van der Waals surface area contributed by atoms with E-state index in [2.05, 4.69) is 82.6 Å². The van der Waals surface area contributed by atoms with Crippen LogP contribution in [0.25, 0.3) is 6.08 Å². The van der Waals surface area contributed by atoms with Crippen LogP contribution >= 0.6 is 0 Å². The molecule has 2 aromatic rings. The topological polar surface area (TPSA) is 43.8 Å². The third kappa shape index (κ3) is 6.91. The SMILES string of the molecule is O=C(O)[C@@H](C1CCCCC1)N1C[C@H](CN2CCC(C/C=C\c3ccccc3)CC2)[C@@H](c2ccccc2)C1. The van der Waals surface area contributed by atoms with E-state index in [0.29, 0.717) is 17.8 Å². The van der Waals surface area contributed by atoms with Crippen molar-refractivity contribution in [1.82, 2.24) is 9.80 Å². The number of carboxylic acid groups (broad SMARTS) is 1. The molecule has 3 aliphatic rings. The Labute approximate surface area is 223 Å². The number of nitrogens with zero attached hydrogens (tertiary/aromatic N) is 2. The van der Waals surface area contributed by atoms with Gasteiger partial charge in [-0.15, -0.1) is 0 Å². The van der Waals surface area contributed by atoms with Gasteiger partial charge in [0.15, 0.2) is 0 Å². The number of carbonyl (C=O) groups is 1. The molecule has 2 aliphatic heterocycles. The molecule has 0 radical (unpaired) electrons. The Bertz CT molecular complexity index is 993. The Morgan fingerprint density at radius 1 is 0.892 bits per heavy atom. The van der Waals surface area contributed by atoms with E-state index in [9.17, 15) is 9.90 Å². The summed E-state index contributed by atoms with van der Waals surface area (Å²) >= 11 is 0. The molecule has 1 N–H and O–H groups in total. The Kier molecular flexibility index (Phi) is 9.12. The van der Waals surface area contributed by atoms with Crippen LogP contribution in [0.2, 0.25) is 0 Å². The van der Waals surface area contributed by atoms with Crippen molar-refractivity contribution in [2.45, 2.75) is 63.3 Å². The summed E-state index contributed by atoms with van der Waals surface area (Å²) in [6.45, 7) is 5.19. The van der Waals surface area contributed by atoms with Gasteiger partial charge in [-0.1, -0.05) is 92.1 Å². The van der Waals surface area contributed by atoms with Crippen molar-refractivity contribution in [3.63, 3.8) is 0 Å². The van der Waals surface area contributed by atoms with E-state index in [1.165, 1.54) is 43.2 Å². The van der Waals surface area contributed by atoms with Crippen LogP contribution in [0.4, 0.5) is 0 Å². The molecule has 1 aliphatic carbocycles. The van der Waals surface area contributed by atoms with Crippen molar-refractivity contribution in [3.8, 4) is 0 Å². The molecule has 2 aromatic carbocycles. The van der Waals surface area contributed by atoms with Gasteiger partial charge in [-0.05, 0) is 74.1 Å². The van der Waals surface area contributed by atoms with Crippen molar-refractivity contribution in [3.05, 3.63) is 77.9 Å². The zero-order valence-corrected chi connectivity index (χ0v) is 22.3. The van der Waals surface area contributed by atoms with Gasteiger partial charge >= 0.3 is 5.97 Å². The summed E-state index contributed by atoms with van der Waals surface area (Å²) < 4.78 is 0. The lowest BCUT2D eigenvalue weighted by molar-refractivity contribution is -0.145. The number of hydrogen-bond acceptors (Lipinski definition) is 3. The number of aliphatic carboxylic acids is 1. The summed E-state index contributed by atoms with van der Waals surface area (Å²) in [6.07, 6.45) is 14.1. The van der Waals surface area contributed by atoms with Crippen LogP contribution in [0.5, 0.6) is 0 Å². The van der Waals surface area contributed by atoms with E-state index >= 15 is 0 Å². The zero-order valence-electron chi connectivity index (χ0n) is 22.3. The number of rotatable bonds is 9. The normalized spacial score (nSPS) is 25.5. The first-order valence-electron chi connectivity index (χ1n) is 14.6.